The van der Waals surface area contributed by atoms with Gasteiger partial charge in [0, 0.05) is 25.2 Å². The Balaban J connectivity index is 1.32. The van der Waals surface area contributed by atoms with Crippen molar-refractivity contribution in [3.05, 3.63) is 53.7 Å². The van der Waals surface area contributed by atoms with Crippen LogP contribution in [0.5, 0.6) is 0 Å². The van der Waals surface area contributed by atoms with E-state index in [4.69, 9.17) is 0 Å². The second-order valence-electron chi connectivity index (χ2n) is 6.34. The molecule has 1 N–H and O–H groups in total. The molecule has 0 unspecified atom stereocenters. The molecule has 0 radical (unpaired) electrons. The largest absolute Gasteiger partial charge is 0.369 e. The lowest BCUT2D eigenvalue weighted by Gasteiger charge is -2.32. The first-order valence-electron chi connectivity index (χ1n) is 8.57. The highest BCUT2D eigenvalue weighted by molar-refractivity contribution is 7.16. The maximum absolute atomic E-state index is 12.5. The van der Waals surface area contributed by atoms with Gasteiger partial charge in [-0.2, -0.15) is 0 Å². The minimum absolute atomic E-state index is 0.141. The van der Waals surface area contributed by atoms with Crippen LogP contribution in [0.25, 0.3) is 10.2 Å². The quantitative estimate of drug-likeness (QED) is 0.778. The zero-order valence-corrected chi connectivity index (χ0v) is 14.7. The Hall–Kier alpha value is -2.47. The van der Waals surface area contributed by atoms with Gasteiger partial charge >= 0.3 is 0 Å². The van der Waals surface area contributed by atoms with Gasteiger partial charge in [-0.05, 0) is 42.3 Å². The molecule has 5 nitrogen and oxygen atoms in total. The number of carbonyl (C=O) groups excluding carboxylic acids is 1. The Labute approximate surface area is 150 Å². The van der Waals surface area contributed by atoms with Crippen molar-refractivity contribution in [1.29, 1.82) is 0 Å². The summed E-state index contributed by atoms with van der Waals surface area (Å²) in [5.41, 5.74) is 0.778. The number of benzene rings is 1. The molecular formula is C19H20N4OS. The number of hydrogen-bond acceptors (Lipinski definition) is 5. The number of anilines is 1. The van der Waals surface area contributed by atoms with Gasteiger partial charge < -0.3 is 10.2 Å². The van der Waals surface area contributed by atoms with Crippen molar-refractivity contribution in [3.8, 4) is 0 Å². The van der Waals surface area contributed by atoms with Crippen molar-refractivity contribution in [2.45, 2.75) is 12.8 Å². The number of nitrogens with zero attached hydrogens (tertiary/aromatic N) is 3. The Morgan fingerprint density at radius 1 is 1.16 bits per heavy atom. The van der Waals surface area contributed by atoms with Gasteiger partial charge in [0.05, 0.1) is 5.39 Å². The molecule has 0 aliphatic carbocycles. The maximum atomic E-state index is 12.5. The molecule has 0 spiro atoms. The summed E-state index contributed by atoms with van der Waals surface area (Å²) in [5.74, 6) is 1.61. The van der Waals surface area contributed by atoms with Crippen LogP contribution < -0.4 is 5.32 Å². The van der Waals surface area contributed by atoms with Gasteiger partial charge in [-0.3, -0.25) is 4.79 Å². The number of hydrogen-bond donors (Lipinski definition) is 1. The lowest BCUT2D eigenvalue weighted by molar-refractivity contribution is 0.0695. The van der Waals surface area contributed by atoms with Crippen LogP contribution in [0.15, 0.2) is 48.1 Å². The third-order valence-corrected chi connectivity index (χ3v) is 5.56. The van der Waals surface area contributed by atoms with E-state index in [1.54, 1.807) is 17.7 Å². The van der Waals surface area contributed by atoms with Gasteiger partial charge in [0.1, 0.15) is 17.0 Å². The smallest absolute Gasteiger partial charge is 0.253 e. The molecule has 1 saturated heterocycles. The van der Waals surface area contributed by atoms with Crippen molar-refractivity contribution in [3.63, 3.8) is 0 Å². The van der Waals surface area contributed by atoms with Gasteiger partial charge in [-0.15, -0.1) is 11.3 Å². The number of piperidine rings is 1. The van der Waals surface area contributed by atoms with E-state index in [-0.39, 0.29) is 5.91 Å². The number of rotatable bonds is 4. The first kappa shape index (κ1) is 16.0. The normalized spacial score (nSPS) is 15.4. The highest BCUT2D eigenvalue weighted by Crippen LogP contribution is 2.25. The summed E-state index contributed by atoms with van der Waals surface area (Å²) < 4.78 is 0. The van der Waals surface area contributed by atoms with Gasteiger partial charge in [-0.25, -0.2) is 9.97 Å². The lowest BCUT2D eigenvalue weighted by atomic mass is 9.96. The zero-order chi connectivity index (χ0) is 17.1. The summed E-state index contributed by atoms with van der Waals surface area (Å²) in [6.07, 6.45) is 3.65. The Morgan fingerprint density at radius 3 is 2.76 bits per heavy atom. The molecule has 2 aromatic heterocycles. The summed E-state index contributed by atoms with van der Waals surface area (Å²) in [5, 5.41) is 6.60. The standard InChI is InChI=1S/C19H20N4OS/c24-19(15-4-2-1-3-5-15)23-9-6-14(7-10-23)12-20-17-16-8-11-25-18(16)22-13-21-17/h1-5,8,11,13-14H,6-7,9-10,12H2,(H,20,21,22). The molecule has 0 saturated carbocycles. The molecule has 1 fully saturated rings. The number of thiophene rings is 1. The lowest BCUT2D eigenvalue weighted by Crippen LogP contribution is -2.39. The molecule has 1 aliphatic heterocycles. The highest BCUT2D eigenvalue weighted by atomic mass is 32.1. The zero-order valence-electron chi connectivity index (χ0n) is 13.9. The first-order chi connectivity index (χ1) is 12.3. The number of carbonyl (C=O) groups is 1. The van der Waals surface area contributed by atoms with E-state index < -0.39 is 0 Å². The van der Waals surface area contributed by atoms with Gasteiger partial charge in [-0.1, -0.05) is 18.2 Å². The molecule has 3 aromatic rings. The van der Waals surface area contributed by atoms with Crippen LogP contribution in [-0.2, 0) is 0 Å². The number of fused-ring (bicyclic) bond motifs is 1. The van der Waals surface area contributed by atoms with Crippen LogP contribution >= 0.6 is 11.3 Å². The summed E-state index contributed by atoms with van der Waals surface area (Å²) in [6, 6.07) is 11.6. The van der Waals surface area contributed by atoms with Crippen LogP contribution in [0.4, 0.5) is 5.82 Å². The van der Waals surface area contributed by atoms with E-state index in [1.807, 2.05) is 40.6 Å². The van der Waals surface area contributed by atoms with Crippen LogP contribution in [0, 0.1) is 5.92 Å². The van der Waals surface area contributed by atoms with Crippen LogP contribution in [0.3, 0.4) is 0 Å². The third kappa shape index (κ3) is 3.49. The molecule has 128 valence electrons. The van der Waals surface area contributed by atoms with E-state index >= 15 is 0 Å². The number of likely N-dealkylation sites (tertiary alicyclic amines) is 1. The Kier molecular flexibility index (Phi) is 4.61. The Bertz CT molecular complexity index is 856. The van der Waals surface area contributed by atoms with Crippen LogP contribution in [-0.4, -0.2) is 40.4 Å². The van der Waals surface area contributed by atoms with E-state index in [1.165, 1.54) is 0 Å². The van der Waals surface area contributed by atoms with E-state index in [0.717, 1.165) is 54.1 Å². The fraction of sp³-hybridized carbons (Fsp3) is 0.316. The number of nitrogens with one attached hydrogen (secondary N) is 1. The van der Waals surface area contributed by atoms with E-state index in [0.29, 0.717) is 5.92 Å². The second-order valence-corrected chi connectivity index (χ2v) is 7.24. The average molecular weight is 352 g/mol. The minimum atomic E-state index is 0.141. The molecule has 1 amide bonds. The van der Waals surface area contributed by atoms with Gasteiger partial charge in [0.2, 0.25) is 0 Å². The fourth-order valence-electron chi connectivity index (χ4n) is 3.28. The molecule has 1 aliphatic rings. The molecule has 0 atom stereocenters. The maximum Gasteiger partial charge on any atom is 0.253 e. The Morgan fingerprint density at radius 2 is 1.96 bits per heavy atom. The van der Waals surface area contributed by atoms with E-state index in [9.17, 15) is 4.79 Å². The first-order valence-corrected chi connectivity index (χ1v) is 9.45. The highest BCUT2D eigenvalue weighted by Gasteiger charge is 2.23. The second kappa shape index (κ2) is 7.19. The SMILES string of the molecule is O=C(c1ccccc1)N1CCC(CNc2ncnc3sccc23)CC1. The molecule has 1 aromatic carbocycles. The van der Waals surface area contributed by atoms with Crippen LogP contribution in [0.1, 0.15) is 23.2 Å². The van der Waals surface area contributed by atoms with Gasteiger partial charge in [0.15, 0.2) is 0 Å². The monoisotopic (exact) mass is 352 g/mol. The van der Waals surface area contributed by atoms with Gasteiger partial charge in [0.25, 0.3) is 5.91 Å². The summed E-state index contributed by atoms with van der Waals surface area (Å²) in [6.45, 7) is 2.52. The predicted molar refractivity (Wildman–Crippen MR) is 101 cm³/mol. The molecule has 0 bridgehead atoms. The average Bonchev–Trinajstić information content (AvgIpc) is 3.16. The molecular weight excluding hydrogens is 332 g/mol. The number of amides is 1. The minimum Gasteiger partial charge on any atom is -0.369 e. The molecule has 3 heterocycles. The molecule has 25 heavy (non-hydrogen) atoms. The summed E-state index contributed by atoms with van der Waals surface area (Å²) in [4.78, 5) is 24.1. The topological polar surface area (TPSA) is 58.1 Å². The summed E-state index contributed by atoms with van der Waals surface area (Å²) in [7, 11) is 0. The summed E-state index contributed by atoms with van der Waals surface area (Å²) >= 11 is 1.63. The van der Waals surface area contributed by atoms with Crippen molar-refractivity contribution >= 4 is 33.3 Å². The van der Waals surface area contributed by atoms with Crippen molar-refractivity contribution < 1.29 is 4.79 Å². The van der Waals surface area contributed by atoms with Crippen molar-refractivity contribution in [2.75, 3.05) is 25.0 Å². The third-order valence-electron chi connectivity index (χ3n) is 4.74. The van der Waals surface area contributed by atoms with Crippen LogP contribution in [0.2, 0.25) is 0 Å². The molecule has 4 rings (SSSR count). The molecule has 6 heteroatoms. The predicted octanol–water partition coefficient (Wildman–Crippen LogP) is 3.66. The van der Waals surface area contributed by atoms with E-state index in [2.05, 4.69) is 21.4 Å². The van der Waals surface area contributed by atoms with Crippen molar-refractivity contribution in [1.82, 2.24) is 14.9 Å². The number of aromatic nitrogens is 2. The van der Waals surface area contributed by atoms with Crippen molar-refractivity contribution in [2.24, 2.45) is 5.92 Å². The fourth-order valence-corrected chi connectivity index (χ4v) is 4.01.